The predicted octanol–water partition coefficient (Wildman–Crippen LogP) is 3.96. The smallest absolute Gasteiger partial charge is 0.115 e. The fraction of sp³-hybridized carbons (Fsp3) is 0. The zero-order valence-electron chi connectivity index (χ0n) is 8.72. The highest BCUT2D eigenvalue weighted by molar-refractivity contribution is 7.90. The number of benzene rings is 2. The Hall–Kier alpha value is -1.67. The SMILES string of the molecule is C=C(S)c1ccc(-c2ccc(O)cc2)cc1. The minimum Gasteiger partial charge on any atom is -0.508 e. The molecule has 0 spiro atoms. The molecule has 0 aliphatic rings. The van der Waals surface area contributed by atoms with Crippen molar-refractivity contribution in [1.82, 2.24) is 0 Å². The Bertz CT molecular complexity index is 497. The van der Waals surface area contributed by atoms with Crippen LogP contribution in [0.2, 0.25) is 0 Å². The fourth-order valence-electron chi connectivity index (χ4n) is 1.51. The van der Waals surface area contributed by atoms with E-state index in [1.165, 1.54) is 0 Å². The van der Waals surface area contributed by atoms with Crippen molar-refractivity contribution in [3.63, 3.8) is 0 Å². The molecule has 0 aliphatic heterocycles. The van der Waals surface area contributed by atoms with Crippen molar-refractivity contribution < 1.29 is 5.11 Å². The van der Waals surface area contributed by atoms with Gasteiger partial charge in [0.2, 0.25) is 0 Å². The van der Waals surface area contributed by atoms with Crippen LogP contribution in [0.5, 0.6) is 5.75 Å². The van der Waals surface area contributed by atoms with Crippen LogP contribution in [0.4, 0.5) is 0 Å². The summed E-state index contributed by atoms with van der Waals surface area (Å²) < 4.78 is 0. The van der Waals surface area contributed by atoms with Crippen LogP contribution in [0.3, 0.4) is 0 Å². The van der Waals surface area contributed by atoms with Gasteiger partial charge in [-0.1, -0.05) is 43.0 Å². The lowest BCUT2D eigenvalue weighted by molar-refractivity contribution is 0.475. The normalized spacial score (nSPS) is 10.1. The third-order valence-corrected chi connectivity index (χ3v) is 2.68. The molecule has 0 bridgehead atoms. The lowest BCUT2D eigenvalue weighted by atomic mass is 10.0. The quantitative estimate of drug-likeness (QED) is 0.745. The molecular formula is C14H12OS. The van der Waals surface area contributed by atoms with Gasteiger partial charge in [0, 0.05) is 4.91 Å². The Morgan fingerprint density at radius 2 is 1.31 bits per heavy atom. The van der Waals surface area contributed by atoms with Crippen LogP contribution in [0.1, 0.15) is 5.56 Å². The molecule has 0 heterocycles. The number of hydrogen-bond donors (Lipinski definition) is 2. The van der Waals surface area contributed by atoms with Crippen molar-refractivity contribution in [2.45, 2.75) is 0 Å². The molecule has 0 atom stereocenters. The van der Waals surface area contributed by atoms with E-state index in [0.717, 1.165) is 21.6 Å². The molecule has 0 saturated carbocycles. The largest absolute Gasteiger partial charge is 0.508 e. The zero-order valence-corrected chi connectivity index (χ0v) is 9.61. The molecule has 0 saturated heterocycles. The van der Waals surface area contributed by atoms with Crippen molar-refractivity contribution in [2.75, 3.05) is 0 Å². The molecule has 0 unspecified atom stereocenters. The lowest BCUT2D eigenvalue weighted by Crippen LogP contribution is -1.79. The Morgan fingerprint density at radius 1 is 0.875 bits per heavy atom. The van der Waals surface area contributed by atoms with Gasteiger partial charge in [0.1, 0.15) is 5.75 Å². The van der Waals surface area contributed by atoms with E-state index in [4.69, 9.17) is 0 Å². The molecule has 0 amide bonds. The Morgan fingerprint density at radius 3 is 1.75 bits per heavy atom. The molecule has 80 valence electrons. The zero-order chi connectivity index (χ0) is 11.5. The van der Waals surface area contributed by atoms with Crippen LogP contribution in [-0.4, -0.2) is 5.11 Å². The summed E-state index contributed by atoms with van der Waals surface area (Å²) in [6.07, 6.45) is 0. The van der Waals surface area contributed by atoms with Crippen molar-refractivity contribution in [3.8, 4) is 16.9 Å². The van der Waals surface area contributed by atoms with Gasteiger partial charge < -0.3 is 5.11 Å². The van der Waals surface area contributed by atoms with Gasteiger partial charge in [-0.25, -0.2) is 0 Å². The lowest BCUT2D eigenvalue weighted by Gasteiger charge is -2.04. The van der Waals surface area contributed by atoms with E-state index < -0.39 is 0 Å². The van der Waals surface area contributed by atoms with Crippen LogP contribution in [0.15, 0.2) is 55.1 Å². The monoisotopic (exact) mass is 228 g/mol. The fourth-order valence-corrected chi connectivity index (χ4v) is 1.66. The predicted molar refractivity (Wildman–Crippen MR) is 71.6 cm³/mol. The maximum absolute atomic E-state index is 9.20. The second kappa shape index (κ2) is 4.45. The first-order valence-electron chi connectivity index (χ1n) is 4.94. The van der Waals surface area contributed by atoms with Gasteiger partial charge in [-0.2, -0.15) is 0 Å². The van der Waals surface area contributed by atoms with Gasteiger partial charge >= 0.3 is 0 Å². The second-order valence-electron chi connectivity index (χ2n) is 3.57. The van der Waals surface area contributed by atoms with E-state index in [1.54, 1.807) is 12.1 Å². The van der Waals surface area contributed by atoms with Gasteiger partial charge in [-0.05, 0) is 28.8 Å². The number of phenols is 1. The molecule has 1 N–H and O–H groups in total. The van der Waals surface area contributed by atoms with E-state index in [2.05, 4.69) is 19.2 Å². The third kappa shape index (κ3) is 2.28. The molecule has 2 heteroatoms. The van der Waals surface area contributed by atoms with E-state index >= 15 is 0 Å². The Kier molecular flexibility index (Phi) is 3.02. The molecule has 2 aromatic carbocycles. The minimum absolute atomic E-state index is 0.282. The van der Waals surface area contributed by atoms with Gasteiger partial charge in [0.15, 0.2) is 0 Å². The van der Waals surface area contributed by atoms with Crippen molar-refractivity contribution in [3.05, 3.63) is 60.7 Å². The summed E-state index contributed by atoms with van der Waals surface area (Å²) in [7, 11) is 0. The number of phenolic OH excluding ortho intramolecular Hbond substituents is 1. The second-order valence-corrected chi connectivity index (χ2v) is 4.11. The average molecular weight is 228 g/mol. The van der Waals surface area contributed by atoms with Gasteiger partial charge in [0.05, 0.1) is 0 Å². The van der Waals surface area contributed by atoms with E-state index in [0.29, 0.717) is 0 Å². The molecule has 0 aromatic heterocycles. The summed E-state index contributed by atoms with van der Waals surface area (Å²) in [6, 6.07) is 15.1. The highest BCUT2D eigenvalue weighted by Gasteiger charge is 1.98. The maximum Gasteiger partial charge on any atom is 0.115 e. The molecule has 16 heavy (non-hydrogen) atoms. The molecular weight excluding hydrogens is 216 g/mol. The van der Waals surface area contributed by atoms with Crippen LogP contribution < -0.4 is 0 Å². The first-order chi connectivity index (χ1) is 7.66. The summed E-state index contributed by atoms with van der Waals surface area (Å²) in [5, 5.41) is 9.20. The molecule has 2 rings (SSSR count). The summed E-state index contributed by atoms with van der Waals surface area (Å²) in [5.74, 6) is 0.282. The molecule has 0 aliphatic carbocycles. The van der Waals surface area contributed by atoms with Crippen LogP contribution in [-0.2, 0) is 0 Å². The summed E-state index contributed by atoms with van der Waals surface area (Å²) in [5.41, 5.74) is 3.21. The Labute approximate surface area is 100 Å². The number of thiol groups is 1. The first-order valence-corrected chi connectivity index (χ1v) is 5.39. The molecule has 2 aromatic rings. The van der Waals surface area contributed by atoms with Crippen molar-refractivity contribution in [2.24, 2.45) is 0 Å². The third-order valence-electron chi connectivity index (χ3n) is 2.42. The number of aromatic hydroxyl groups is 1. The van der Waals surface area contributed by atoms with Crippen LogP contribution in [0.25, 0.3) is 16.0 Å². The van der Waals surface area contributed by atoms with Crippen molar-refractivity contribution in [1.29, 1.82) is 0 Å². The summed E-state index contributed by atoms with van der Waals surface area (Å²) in [4.78, 5) is 0.761. The molecule has 0 fully saturated rings. The maximum atomic E-state index is 9.20. The topological polar surface area (TPSA) is 20.2 Å². The van der Waals surface area contributed by atoms with Crippen LogP contribution >= 0.6 is 12.6 Å². The highest BCUT2D eigenvalue weighted by Crippen LogP contribution is 2.24. The summed E-state index contributed by atoms with van der Waals surface area (Å²) >= 11 is 4.20. The first kappa shape index (κ1) is 10.8. The van der Waals surface area contributed by atoms with Gasteiger partial charge in [0.25, 0.3) is 0 Å². The minimum atomic E-state index is 0.282. The number of hydrogen-bond acceptors (Lipinski definition) is 2. The summed E-state index contributed by atoms with van der Waals surface area (Å²) in [6.45, 7) is 3.77. The van der Waals surface area contributed by atoms with E-state index in [-0.39, 0.29) is 5.75 Å². The highest BCUT2D eigenvalue weighted by atomic mass is 32.1. The number of rotatable bonds is 2. The Balaban J connectivity index is 2.34. The molecule has 1 nitrogen and oxygen atoms in total. The molecule has 0 radical (unpaired) electrons. The van der Waals surface area contributed by atoms with Crippen molar-refractivity contribution >= 4 is 17.5 Å². The van der Waals surface area contributed by atoms with E-state index in [1.807, 2.05) is 36.4 Å². The van der Waals surface area contributed by atoms with E-state index in [9.17, 15) is 5.11 Å². The van der Waals surface area contributed by atoms with Gasteiger partial charge in [-0.3, -0.25) is 0 Å². The average Bonchev–Trinajstić information content (AvgIpc) is 2.30. The van der Waals surface area contributed by atoms with Crippen LogP contribution in [0, 0.1) is 0 Å². The standard InChI is InChI=1S/C14H12OS/c1-10(16)11-2-4-12(5-3-11)13-6-8-14(15)9-7-13/h2-9,15-16H,1H2. The van der Waals surface area contributed by atoms with Gasteiger partial charge in [-0.15, -0.1) is 12.6 Å².